The molecule has 0 radical (unpaired) electrons. The topological polar surface area (TPSA) is 98.2 Å². The second kappa shape index (κ2) is 6.66. The predicted molar refractivity (Wildman–Crippen MR) is 78.6 cm³/mol. The van der Waals surface area contributed by atoms with Gasteiger partial charge in [-0.25, -0.2) is 35.3 Å². The standard InChI is InChI=1S/C13H15FN6O2/c1-8-7-20(13(22)18-15-8)19-12(21)17-16-9(2)10-3-5-11(14)6-4-10/h3-6H,7H2,1-2H3,(H,18,22)(H2,17,19,21)/b16-9+. The van der Waals surface area contributed by atoms with Crippen LogP contribution in [0.4, 0.5) is 14.0 Å². The lowest BCUT2D eigenvalue weighted by atomic mass is 10.1. The highest BCUT2D eigenvalue weighted by Crippen LogP contribution is 2.03. The van der Waals surface area contributed by atoms with Crippen LogP contribution in [0.15, 0.2) is 34.5 Å². The third-order valence-electron chi connectivity index (χ3n) is 2.80. The van der Waals surface area contributed by atoms with Gasteiger partial charge in [-0.2, -0.15) is 10.2 Å². The summed E-state index contributed by atoms with van der Waals surface area (Å²) in [5.41, 5.74) is 8.65. The molecular formula is C13H15FN6O2. The lowest BCUT2D eigenvalue weighted by molar-refractivity contribution is 0.173. The third-order valence-corrected chi connectivity index (χ3v) is 2.80. The number of hydrazone groups is 2. The van der Waals surface area contributed by atoms with Crippen molar-refractivity contribution in [3.63, 3.8) is 0 Å². The van der Waals surface area contributed by atoms with Crippen LogP contribution in [0.25, 0.3) is 0 Å². The molecule has 1 aliphatic rings. The number of hydrazine groups is 1. The van der Waals surface area contributed by atoms with Gasteiger partial charge in [-0.05, 0) is 31.5 Å². The van der Waals surface area contributed by atoms with E-state index in [0.29, 0.717) is 17.0 Å². The van der Waals surface area contributed by atoms with Gasteiger partial charge in [0.05, 0.1) is 18.0 Å². The number of amides is 4. The van der Waals surface area contributed by atoms with Gasteiger partial charge in [0.2, 0.25) is 0 Å². The van der Waals surface area contributed by atoms with Crippen molar-refractivity contribution in [1.29, 1.82) is 0 Å². The molecule has 1 aromatic carbocycles. The summed E-state index contributed by atoms with van der Waals surface area (Å²) >= 11 is 0. The van der Waals surface area contributed by atoms with E-state index in [4.69, 9.17) is 0 Å². The first-order valence-electron chi connectivity index (χ1n) is 6.43. The number of nitrogens with zero attached hydrogens (tertiary/aromatic N) is 3. The molecular weight excluding hydrogens is 291 g/mol. The summed E-state index contributed by atoms with van der Waals surface area (Å²) in [6.07, 6.45) is 0. The first kappa shape index (κ1) is 15.4. The van der Waals surface area contributed by atoms with Crippen LogP contribution in [0.3, 0.4) is 0 Å². The van der Waals surface area contributed by atoms with Gasteiger partial charge in [-0.1, -0.05) is 12.1 Å². The van der Waals surface area contributed by atoms with Gasteiger partial charge < -0.3 is 0 Å². The van der Waals surface area contributed by atoms with E-state index in [2.05, 4.69) is 26.5 Å². The molecule has 22 heavy (non-hydrogen) atoms. The van der Waals surface area contributed by atoms with E-state index >= 15 is 0 Å². The van der Waals surface area contributed by atoms with Gasteiger partial charge in [0.25, 0.3) is 0 Å². The number of benzene rings is 1. The Hall–Kier alpha value is -2.97. The Balaban J connectivity index is 1.92. The number of hydrogen-bond donors (Lipinski definition) is 3. The Bertz CT molecular complexity index is 640. The van der Waals surface area contributed by atoms with Crippen molar-refractivity contribution in [2.24, 2.45) is 10.2 Å². The molecule has 0 unspecified atom stereocenters. The minimum Gasteiger partial charge on any atom is -0.245 e. The number of urea groups is 2. The Kier molecular flexibility index (Phi) is 4.66. The normalized spacial score (nSPS) is 15.0. The van der Waals surface area contributed by atoms with E-state index in [1.807, 2.05) is 0 Å². The van der Waals surface area contributed by atoms with E-state index in [9.17, 15) is 14.0 Å². The smallest absolute Gasteiger partial charge is 0.245 e. The van der Waals surface area contributed by atoms with Gasteiger partial charge in [0.15, 0.2) is 0 Å². The van der Waals surface area contributed by atoms with Crippen molar-refractivity contribution in [2.75, 3.05) is 6.54 Å². The van der Waals surface area contributed by atoms with E-state index in [1.165, 1.54) is 12.1 Å². The third kappa shape index (κ3) is 4.01. The Morgan fingerprint density at radius 3 is 2.77 bits per heavy atom. The van der Waals surface area contributed by atoms with E-state index in [1.54, 1.807) is 26.0 Å². The maximum Gasteiger partial charge on any atom is 0.356 e. The molecule has 0 fully saturated rings. The zero-order chi connectivity index (χ0) is 16.1. The molecule has 0 saturated carbocycles. The average molecular weight is 306 g/mol. The van der Waals surface area contributed by atoms with Gasteiger partial charge in [0.1, 0.15) is 5.82 Å². The Morgan fingerprint density at radius 1 is 1.41 bits per heavy atom. The summed E-state index contributed by atoms with van der Waals surface area (Å²) in [7, 11) is 0. The van der Waals surface area contributed by atoms with Crippen LogP contribution in [0.5, 0.6) is 0 Å². The molecule has 4 amide bonds. The number of hydrogen-bond acceptors (Lipinski definition) is 4. The molecule has 0 atom stereocenters. The van der Waals surface area contributed by atoms with Gasteiger partial charge in [0, 0.05) is 0 Å². The van der Waals surface area contributed by atoms with Crippen LogP contribution in [0.2, 0.25) is 0 Å². The summed E-state index contributed by atoms with van der Waals surface area (Å²) in [6, 6.07) is 4.48. The number of halogens is 1. The SMILES string of the molecule is CC1=NNC(=O)N(NC(=O)N/N=C(\C)c2ccc(F)cc2)C1. The van der Waals surface area contributed by atoms with Crippen molar-refractivity contribution in [3.05, 3.63) is 35.6 Å². The van der Waals surface area contributed by atoms with Gasteiger partial charge in [-0.3, -0.25) is 0 Å². The molecule has 1 heterocycles. The molecule has 0 spiro atoms. The zero-order valence-corrected chi connectivity index (χ0v) is 12.1. The lowest BCUT2D eigenvalue weighted by Gasteiger charge is -2.25. The second-order valence-corrected chi connectivity index (χ2v) is 4.61. The van der Waals surface area contributed by atoms with Gasteiger partial charge in [-0.15, -0.1) is 0 Å². The van der Waals surface area contributed by atoms with E-state index < -0.39 is 12.1 Å². The quantitative estimate of drug-likeness (QED) is 0.577. The fourth-order valence-electron chi connectivity index (χ4n) is 1.67. The van der Waals surface area contributed by atoms with Crippen LogP contribution in [-0.4, -0.2) is 35.0 Å². The van der Waals surface area contributed by atoms with Crippen molar-refractivity contribution < 1.29 is 14.0 Å². The van der Waals surface area contributed by atoms with E-state index in [0.717, 1.165) is 5.01 Å². The zero-order valence-electron chi connectivity index (χ0n) is 12.1. The molecule has 2 rings (SSSR count). The number of carbonyl (C=O) groups is 2. The van der Waals surface area contributed by atoms with Crippen LogP contribution in [0.1, 0.15) is 19.4 Å². The first-order valence-corrected chi connectivity index (χ1v) is 6.43. The largest absolute Gasteiger partial charge is 0.356 e. The lowest BCUT2D eigenvalue weighted by Crippen LogP contribution is -2.56. The average Bonchev–Trinajstić information content (AvgIpc) is 2.49. The highest BCUT2D eigenvalue weighted by atomic mass is 19.1. The summed E-state index contributed by atoms with van der Waals surface area (Å²) < 4.78 is 12.8. The summed E-state index contributed by atoms with van der Waals surface area (Å²) in [5, 5.41) is 8.68. The van der Waals surface area contributed by atoms with Crippen molar-refractivity contribution >= 4 is 23.5 Å². The van der Waals surface area contributed by atoms with Crippen molar-refractivity contribution in [1.82, 2.24) is 21.3 Å². The molecule has 0 bridgehead atoms. The molecule has 8 nitrogen and oxygen atoms in total. The highest BCUT2D eigenvalue weighted by molar-refractivity contribution is 5.99. The first-order chi connectivity index (χ1) is 10.5. The second-order valence-electron chi connectivity index (χ2n) is 4.61. The predicted octanol–water partition coefficient (Wildman–Crippen LogP) is 1.17. The van der Waals surface area contributed by atoms with E-state index in [-0.39, 0.29) is 12.4 Å². The molecule has 1 aliphatic heterocycles. The summed E-state index contributed by atoms with van der Waals surface area (Å²) in [6.45, 7) is 3.56. The molecule has 0 aromatic heterocycles. The molecule has 1 aromatic rings. The van der Waals surface area contributed by atoms with Crippen LogP contribution in [0, 0.1) is 5.82 Å². The van der Waals surface area contributed by atoms with Gasteiger partial charge >= 0.3 is 12.1 Å². The van der Waals surface area contributed by atoms with Crippen LogP contribution in [-0.2, 0) is 0 Å². The summed E-state index contributed by atoms with van der Waals surface area (Å²) in [4.78, 5) is 23.2. The number of rotatable bonds is 3. The number of carbonyl (C=O) groups excluding carboxylic acids is 2. The van der Waals surface area contributed by atoms with Crippen LogP contribution < -0.4 is 16.3 Å². The monoisotopic (exact) mass is 306 g/mol. The minimum atomic E-state index is -0.675. The van der Waals surface area contributed by atoms with Crippen LogP contribution >= 0.6 is 0 Å². The fraction of sp³-hybridized carbons (Fsp3) is 0.231. The Labute approximate surface area is 126 Å². The molecule has 3 N–H and O–H groups in total. The minimum absolute atomic E-state index is 0.180. The summed E-state index contributed by atoms with van der Waals surface area (Å²) in [5.74, 6) is -0.351. The Morgan fingerprint density at radius 2 is 2.09 bits per heavy atom. The van der Waals surface area contributed by atoms with Crippen molar-refractivity contribution in [3.8, 4) is 0 Å². The maximum absolute atomic E-state index is 12.8. The molecule has 116 valence electrons. The maximum atomic E-state index is 12.8. The molecule has 9 heteroatoms. The number of nitrogens with one attached hydrogen (secondary N) is 3. The molecule has 0 aliphatic carbocycles. The van der Waals surface area contributed by atoms with Crippen molar-refractivity contribution in [2.45, 2.75) is 13.8 Å². The molecule has 0 saturated heterocycles. The highest BCUT2D eigenvalue weighted by Gasteiger charge is 2.20. The fourth-order valence-corrected chi connectivity index (χ4v) is 1.67.